The van der Waals surface area contributed by atoms with Gasteiger partial charge in [0.05, 0.1) is 17.4 Å². The van der Waals surface area contributed by atoms with Gasteiger partial charge < -0.3 is 25.0 Å². The van der Waals surface area contributed by atoms with Crippen LogP contribution in [-0.4, -0.2) is 59.7 Å². The van der Waals surface area contributed by atoms with Gasteiger partial charge in [0.15, 0.2) is 0 Å². The quantitative estimate of drug-likeness (QED) is 0.406. The van der Waals surface area contributed by atoms with Gasteiger partial charge in [-0.05, 0) is 45.6 Å². The molecule has 3 aromatic rings. The van der Waals surface area contributed by atoms with Crippen molar-refractivity contribution in [1.29, 1.82) is 0 Å². The van der Waals surface area contributed by atoms with Crippen molar-refractivity contribution < 1.29 is 22.6 Å². The zero-order chi connectivity index (χ0) is 25.5. The summed E-state index contributed by atoms with van der Waals surface area (Å²) in [7, 11) is -2.86. The lowest BCUT2D eigenvalue weighted by molar-refractivity contribution is -0.137. The van der Waals surface area contributed by atoms with E-state index in [-0.39, 0.29) is 23.2 Å². The molecule has 0 saturated heterocycles. The molecule has 36 heavy (non-hydrogen) atoms. The van der Waals surface area contributed by atoms with Gasteiger partial charge in [-0.1, -0.05) is 17.3 Å². The van der Waals surface area contributed by atoms with Crippen LogP contribution in [0, 0.1) is 0 Å². The summed E-state index contributed by atoms with van der Waals surface area (Å²) < 4.78 is 55.3. The normalized spacial score (nSPS) is 22.0. The van der Waals surface area contributed by atoms with Crippen LogP contribution in [0.1, 0.15) is 36.8 Å². The van der Waals surface area contributed by atoms with E-state index in [1.54, 1.807) is 25.5 Å². The Morgan fingerprint density at radius 1 is 1.17 bits per heavy atom. The van der Waals surface area contributed by atoms with Crippen molar-refractivity contribution in [3.8, 4) is 11.3 Å². The Morgan fingerprint density at radius 3 is 2.75 bits per heavy atom. The molecule has 0 radical (unpaired) electrons. The van der Waals surface area contributed by atoms with E-state index in [1.807, 2.05) is 0 Å². The molecule has 192 valence electrons. The van der Waals surface area contributed by atoms with Gasteiger partial charge in [-0.25, -0.2) is 9.97 Å². The van der Waals surface area contributed by atoms with Crippen molar-refractivity contribution in [3.63, 3.8) is 0 Å². The first-order valence-corrected chi connectivity index (χ1v) is 14.5. The SMILES string of the molecule is CP(C)(=O)c1c2ccc3c(c[nH]c13)-c1nc(ncc1C(F)(F)F)N[C@H]1CC[C@@H](C1)NCCCO/N=C\2. The van der Waals surface area contributed by atoms with E-state index in [0.29, 0.717) is 34.4 Å². The number of anilines is 1. The molecular formula is C24H28F3N6O2P. The second-order valence-electron chi connectivity index (χ2n) is 9.66. The van der Waals surface area contributed by atoms with Crippen LogP contribution in [0.3, 0.4) is 0 Å². The molecule has 3 aliphatic rings. The molecule has 8 nitrogen and oxygen atoms in total. The molecule has 0 spiro atoms. The van der Waals surface area contributed by atoms with E-state index in [9.17, 15) is 17.7 Å². The molecule has 1 fully saturated rings. The van der Waals surface area contributed by atoms with Gasteiger partial charge in [-0.2, -0.15) is 13.2 Å². The second kappa shape index (κ2) is 9.52. The minimum absolute atomic E-state index is 0.0539. The predicted molar refractivity (Wildman–Crippen MR) is 135 cm³/mol. The minimum Gasteiger partial charge on any atom is -0.396 e. The highest BCUT2D eigenvalue weighted by molar-refractivity contribution is 7.70. The minimum atomic E-state index is -4.65. The predicted octanol–water partition coefficient (Wildman–Crippen LogP) is 4.57. The third-order valence-electron chi connectivity index (χ3n) is 6.63. The number of nitrogens with one attached hydrogen (secondary N) is 3. The van der Waals surface area contributed by atoms with Crippen LogP contribution in [-0.2, 0) is 15.6 Å². The lowest BCUT2D eigenvalue weighted by atomic mass is 10.0. The zero-order valence-corrected chi connectivity index (χ0v) is 20.9. The van der Waals surface area contributed by atoms with Crippen molar-refractivity contribution >= 4 is 35.5 Å². The van der Waals surface area contributed by atoms with Crippen LogP contribution in [0.5, 0.6) is 0 Å². The number of aromatic nitrogens is 3. The van der Waals surface area contributed by atoms with Crippen molar-refractivity contribution in [2.24, 2.45) is 5.16 Å². The van der Waals surface area contributed by atoms with Gasteiger partial charge in [0.1, 0.15) is 19.3 Å². The smallest absolute Gasteiger partial charge is 0.396 e. The van der Waals surface area contributed by atoms with Crippen LogP contribution in [0.2, 0.25) is 0 Å². The first-order chi connectivity index (χ1) is 17.1. The van der Waals surface area contributed by atoms with Crippen molar-refractivity contribution in [1.82, 2.24) is 20.3 Å². The lowest BCUT2D eigenvalue weighted by Crippen LogP contribution is -2.29. The van der Waals surface area contributed by atoms with E-state index >= 15 is 0 Å². The van der Waals surface area contributed by atoms with Gasteiger partial charge in [-0.3, -0.25) is 0 Å². The number of nitrogens with zero attached hydrogens (tertiary/aromatic N) is 3. The molecule has 2 atom stereocenters. The number of halogens is 3. The Bertz CT molecular complexity index is 1350. The number of rotatable bonds is 1. The van der Waals surface area contributed by atoms with Crippen molar-refractivity contribution in [2.45, 2.75) is 43.9 Å². The Hall–Kier alpha value is -2.91. The molecule has 8 bridgehead atoms. The molecule has 0 unspecified atom stereocenters. The molecule has 0 amide bonds. The van der Waals surface area contributed by atoms with E-state index in [0.717, 1.165) is 38.4 Å². The largest absolute Gasteiger partial charge is 0.419 e. The highest BCUT2D eigenvalue weighted by atomic mass is 31.2. The Kier molecular flexibility index (Phi) is 6.55. The third-order valence-corrected chi connectivity index (χ3v) is 8.18. The molecule has 4 heterocycles. The summed E-state index contributed by atoms with van der Waals surface area (Å²) in [5.74, 6) is 0.157. The first-order valence-electron chi connectivity index (χ1n) is 11.9. The number of alkyl halides is 3. The fourth-order valence-electron chi connectivity index (χ4n) is 5.01. The number of hydrogen-bond donors (Lipinski definition) is 3. The molecule has 3 N–H and O–H groups in total. The highest BCUT2D eigenvalue weighted by Crippen LogP contribution is 2.43. The van der Waals surface area contributed by atoms with Gasteiger partial charge in [0, 0.05) is 46.3 Å². The summed E-state index contributed by atoms with van der Waals surface area (Å²) >= 11 is 0. The van der Waals surface area contributed by atoms with Crippen LogP contribution < -0.4 is 15.9 Å². The fraction of sp³-hybridized carbons (Fsp3) is 0.458. The van der Waals surface area contributed by atoms with E-state index in [4.69, 9.17) is 4.84 Å². The van der Waals surface area contributed by atoms with E-state index in [2.05, 4.69) is 30.7 Å². The van der Waals surface area contributed by atoms with Gasteiger partial charge in [0.25, 0.3) is 0 Å². The summed E-state index contributed by atoms with van der Waals surface area (Å²) in [6.45, 7) is 4.42. The average Bonchev–Trinajstić information content (AvgIpc) is 3.42. The molecular weight excluding hydrogens is 492 g/mol. The standard InChI is InChI=1S/C24H28F3N6O2P/c1-36(2,34)22-14-4-7-17-18(12-29-21(17)22)20-19(24(25,26)27)13-30-23(33-20)32-16-6-5-15(10-16)28-8-3-9-35-31-11-14/h4,7,11-13,15-16,28-29H,3,5-6,8-10H2,1-2H3,(H,30,32,33)/b31-11-/t15-,16-/m0/s1. The topological polar surface area (TPSA) is 104 Å². The van der Waals surface area contributed by atoms with Crippen LogP contribution >= 0.6 is 7.14 Å². The Labute approximate surface area is 206 Å². The molecule has 1 saturated carbocycles. The molecule has 12 heteroatoms. The molecule has 6 rings (SSSR count). The van der Waals surface area contributed by atoms with Gasteiger partial charge in [0.2, 0.25) is 5.95 Å². The summed E-state index contributed by atoms with van der Waals surface area (Å²) in [5, 5.41) is 11.8. The maximum absolute atomic E-state index is 14.0. The van der Waals surface area contributed by atoms with Crippen LogP contribution in [0.15, 0.2) is 29.7 Å². The van der Waals surface area contributed by atoms with Crippen LogP contribution in [0.4, 0.5) is 19.1 Å². The molecule has 1 aliphatic carbocycles. The first kappa shape index (κ1) is 24.8. The van der Waals surface area contributed by atoms with Gasteiger partial charge >= 0.3 is 6.18 Å². The highest BCUT2D eigenvalue weighted by Gasteiger charge is 2.37. The number of oxime groups is 1. The second-order valence-corrected chi connectivity index (χ2v) is 12.8. The summed E-state index contributed by atoms with van der Waals surface area (Å²) in [5.41, 5.74) is 0.182. The summed E-state index contributed by atoms with van der Waals surface area (Å²) in [6, 6.07) is 3.74. The Morgan fingerprint density at radius 2 is 1.97 bits per heavy atom. The monoisotopic (exact) mass is 520 g/mol. The fourth-order valence-corrected chi connectivity index (χ4v) is 6.49. The number of hydrogen-bond acceptors (Lipinski definition) is 7. The van der Waals surface area contributed by atoms with Gasteiger partial charge in [-0.15, -0.1) is 0 Å². The number of H-pyrrole nitrogens is 1. The van der Waals surface area contributed by atoms with E-state index < -0.39 is 18.9 Å². The van der Waals surface area contributed by atoms with Crippen molar-refractivity contribution in [2.75, 3.05) is 31.8 Å². The number of benzene rings is 1. The zero-order valence-electron chi connectivity index (χ0n) is 20.0. The van der Waals surface area contributed by atoms with Crippen molar-refractivity contribution in [3.05, 3.63) is 35.7 Å². The maximum Gasteiger partial charge on any atom is 0.419 e. The summed E-state index contributed by atoms with van der Waals surface area (Å²) in [6.07, 6.45) is 2.57. The molecule has 1 aromatic carbocycles. The molecule has 2 aliphatic heterocycles. The van der Waals surface area contributed by atoms with Crippen LogP contribution in [0.25, 0.3) is 22.2 Å². The molecule has 2 aromatic heterocycles. The number of aromatic amines is 1. The maximum atomic E-state index is 14.0. The number of fused-ring (bicyclic) bond motifs is 6. The Balaban J connectivity index is 1.69. The van der Waals surface area contributed by atoms with E-state index in [1.165, 1.54) is 12.4 Å². The third kappa shape index (κ3) is 4.99. The lowest BCUT2D eigenvalue weighted by Gasteiger charge is -2.17. The summed E-state index contributed by atoms with van der Waals surface area (Å²) in [4.78, 5) is 16.8. The average molecular weight is 520 g/mol.